The zero-order chi connectivity index (χ0) is 14.8. The van der Waals surface area contributed by atoms with Crippen molar-refractivity contribution in [3.05, 3.63) is 53.9 Å². The van der Waals surface area contributed by atoms with Crippen LogP contribution in [-0.2, 0) is 10.0 Å². The van der Waals surface area contributed by atoms with Crippen LogP contribution in [0.3, 0.4) is 0 Å². The molecule has 0 spiro atoms. The number of benzene rings is 1. The minimum absolute atomic E-state index is 0.140. The summed E-state index contributed by atoms with van der Waals surface area (Å²) in [5.74, 6) is 0. The third-order valence-electron chi connectivity index (χ3n) is 2.73. The summed E-state index contributed by atoms with van der Waals surface area (Å²) in [6, 6.07) is 7.80. The number of nitrogens with one attached hydrogen (secondary N) is 1. The van der Waals surface area contributed by atoms with Gasteiger partial charge in [0, 0.05) is 11.8 Å². The normalized spacial score (nSPS) is 11.1. The van der Waals surface area contributed by atoms with Crippen LogP contribution in [0.1, 0.15) is 11.1 Å². The van der Waals surface area contributed by atoms with Gasteiger partial charge in [0.1, 0.15) is 4.99 Å². The molecule has 0 saturated carbocycles. The second-order valence-corrected chi connectivity index (χ2v) is 6.31. The molecule has 0 radical (unpaired) electrons. The smallest absolute Gasteiger partial charge is 0.261 e. The SMILES string of the molecule is Cc1ccncc1NS(=O)(=O)c1ccc(C(N)=S)cc1. The number of aromatic nitrogens is 1. The molecule has 7 heteroatoms. The van der Waals surface area contributed by atoms with Gasteiger partial charge in [0.15, 0.2) is 0 Å². The van der Waals surface area contributed by atoms with Crippen molar-refractivity contribution in [2.75, 3.05) is 4.72 Å². The Hall–Kier alpha value is -1.99. The number of hydrogen-bond donors (Lipinski definition) is 2. The maximum Gasteiger partial charge on any atom is 0.261 e. The Labute approximate surface area is 122 Å². The summed E-state index contributed by atoms with van der Waals surface area (Å²) in [7, 11) is -3.65. The first-order valence-corrected chi connectivity index (χ1v) is 7.62. The average molecular weight is 307 g/mol. The van der Waals surface area contributed by atoms with E-state index in [4.69, 9.17) is 18.0 Å². The van der Waals surface area contributed by atoms with Crippen molar-refractivity contribution < 1.29 is 8.42 Å². The number of aryl methyl sites for hydroxylation is 1. The molecule has 0 fully saturated rings. The Bertz CT molecular complexity index is 740. The number of nitrogens with zero attached hydrogens (tertiary/aromatic N) is 1. The van der Waals surface area contributed by atoms with Crippen LogP contribution in [0.2, 0.25) is 0 Å². The summed E-state index contributed by atoms with van der Waals surface area (Å²) in [6.07, 6.45) is 3.07. The Morgan fingerprint density at radius 2 is 1.90 bits per heavy atom. The Balaban J connectivity index is 2.31. The first-order valence-electron chi connectivity index (χ1n) is 5.73. The van der Waals surface area contributed by atoms with Crippen LogP contribution in [0.4, 0.5) is 5.69 Å². The number of nitrogens with two attached hydrogens (primary N) is 1. The fourth-order valence-corrected chi connectivity index (χ4v) is 2.82. The van der Waals surface area contributed by atoms with Crippen LogP contribution < -0.4 is 10.5 Å². The van der Waals surface area contributed by atoms with Gasteiger partial charge < -0.3 is 5.73 Å². The Kier molecular flexibility index (Phi) is 4.01. The van der Waals surface area contributed by atoms with E-state index in [0.717, 1.165) is 5.56 Å². The first kappa shape index (κ1) is 14.4. The van der Waals surface area contributed by atoms with Crippen LogP contribution in [0, 0.1) is 6.92 Å². The van der Waals surface area contributed by atoms with E-state index in [9.17, 15) is 8.42 Å². The minimum atomic E-state index is -3.65. The molecule has 1 aromatic carbocycles. The van der Waals surface area contributed by atoms with Crippen molar-refractivity contribution in [2.45, 2.75) is 11.8 Å². The number of hydrogen-bond acceptors (Lipinski definition) is 4. The maximum absolute atomic E-state index is 12.2. The van der Waals surface area contributed by atoms with E-state index in [0.29, 0.717) is 11.3 Å². The summed E-state index contributed by atoms with van der Waals surface area (Å²) >= 11 is 4.83. The molecular formula is C13H13N3O2S2. The molecule has 2 rings (SSSR count). The van der Waals surface area contributed by atoms with Gasteiger partial charge in [-0.2, -0.15) is 0 Å². The van der Waals surface area contributed by atoms with Gasteiger partial charge in [-0.05, 0) is 30.7 Å². The van der Waals surface area contributed by atoms with Crippen LogP contribution >= 0.6 is 12.2 Å². The predicted octanol–water partition coefficient (Wildman–Crippen LogP) is 1.83. The van der Waals surface area contributed by atoms with Crippen molar-refractivity contribution in [1.29, 1.82) is 0 Å². The van der Waals surface area contributed by atoms with Crippen LogP contribution in [-0.4, -0.2) is 18.4 Å². The second-order valence-electron chi connectivity index (χ2n) is 4.18. The fourth-order valence-electron chi connectivity index (χ4n) is 1.57. The summed E-state index contributed by atoms with van der Waals surface area (Å²) in [6.45, 7) is 1.80. The lowest BCUT2D eigenvalue weighted by atomic mass is 10.2. The number of anilines is 1. The minimum Gasteiger partial charge on any atom is -0.389 e. The van der Waals surface area contributed by atoms with Crippen molar-refractivity contribution in [3.63, 3.8) is 0 Å². The maximum atomic E-state index is 12.2. The Morgan fingerprint density at radius 3 is 2.45 bits per heavy atom. The molecule has 0 unspecified atom stereocenters. The number of rotatable bonds is 4. The topological polar surface area (TPSA) is 85.1 Å². The van der Waals surface area contributed by atoms with Crippen LogP contribution in [0.5, 0.6) is 0 Å². The zero-order valence-electron chi connectivity index (χ0n) is 10.7. The molecule has 2 aromatic rings. The quantitative estimate of drug-likeness (QED) is 0.842. The lowest BCUT2D eigenvalue weighted by Gasteiger charge is -2.10. The van der Waals surface area contributed by atoms with Gasteiger partial charge in [0.05, 0.1) is 16.8 Å². The molecule has 1 heterocycles. The van der Waals surface area contributed by atoms with E-state index in [1.807, 2.05) is 0 Å². The summed E-state index contributed by atoms with van der Waals surface area (Å²) in [5.41, 5.74) is 7.34. The monoisotopic (exact) mass is 307 g/mol. The average Bonchev–Trinajstić information content (AvgIpc) is 2.41. The molecule has 1 aromatic heterocycles. The van der Waals surface area contributed by atoms with E-state index in [1.54, 1.807) is 31.3 Å². The van der Waals surface area contributed by atoms with Crippen molar-refractivity contribution in [2.24, 2.45) is 5.73 Å². The van der Waals surface area contributed by atoms with E-state index in [2.05, 4.69) is 9.71 Å². The lowest BCUT2D eigenvalue weighted by molar-refractivity contribution is 0.601. The highest BCUT2D eigenvalue weighted by atomic mass is 32.2. The molecule has 0 aliphatic carbocycles. The number of thiocarbonyl (C=S) groups is 1. The highest BCUT2D eigenvalue weighted by Gasteiger charge is 2.15. The van der Waals surface area contributed by atoms with Gasteiger partial charge in [0.25, 0.3) is 10.0 Å². The van der Waals surface area contributed by atoms with E-state index >= 15 is 0 Å². The zero-order valence-corrected chi connectivity index (χ0v) is 12.3. The third-order valence-corrected chi connectivity index (χ3v) is 4.35. The molecule has 0 amide bonds. The summed E-state index contributed by atoms with van der Waals surface area (Å²) in [5, 5.41) is 0. The standard InChI is InChI=1S/C13H13N3O2S2/c1-9-6-7-15-8-12(9)16-20(17,18)11-4-2-10(3-5-11)13(14)19/h2-8,16H,1H3,(H2,14,19). The molecule has 5 nitrogen and oxygen atoms in total. The van der Waals surface area contributed by atoms with E-state index < -0.39 is 10.0 Å². The number of pyridine rings is 1. The van der Waals surface area contributed by atoms with Gasteiger partial charge in [-0.25, -0.2) is 8.42 Å². The van der Waals surface area contributed by atoms with Gasteiger partial charge in [0.2, 0.25) is 0 Å². The molecule has 0 aliphatic heterocycles. The largest absolute Gasteiger partial charge is 0.389 e. The first-order chi connectivity index (χ1) is 9.40. The van der Waals surface area contributed by atoms with Gasteiger partial charge in [-0.15, -0.1) is 0 Å². The van der Waals surface area contributed by atoms with Gasteiger partial charge in [-0.1, -0.05) is 24.4 Å². The molecular weight excluding hydrogens is 294 g/mol. The van der Waals surface area contributed by atoms with E-state index in [-0.39, 0.29) is 9.88 Å². The molecule has 104 valence electrons. The second kappa shape index (κ2) is 5.56. The molecule has 0 aliphatic rings. The van der Waals surface area contributed by atoms with Crippen molar-refractivity contribution in [1.82, 2.24) is 4.98 Å². The number of sulfonamides is 1. The van der Waals surface area contributed by atoms with Crippen molar-refractivity contribution >= 4 is 32.9 Å². The highest BCUT2D eigenvalue weighted by molar-refractivity contribution is 7.92. The lowest BCUT2D eigenvalue weighted by Crippen LogP contribution is -2.15. The summed E-state index contributed by atoms with van der Waals surface area (Å²) in [4.78, 5) is 4.27. The molecule has 20 heavy (non-hydrogen) atoms. The fraction of sp³-hybridized carbons (Fsp3) is 0.0769. The van der Waals surface area contributed by atoms with Crippen LogP contribution in [0.25, 0.3) is 0 Å². The molecule has 0 atom stereocenters. The highest BCUT2D eigenvalue weighted by Crippen LogP contribution is 2.18. The molecule has 0 bridgehead atoms. The van der Waals surface area contributed by atoms with Crippen molar-refractivity contribution in [3.8, 4) is 0 Å². The summed E-state index contributed by atoms with van der Waals surface area (Å²) < 4.78 is 27.0. The van der Waals surface area contributed by atoms with Gasteiger partial charge >= 0.3 is 0 Å². The van der Waals surface area contributed by atoms with E-state index in [1.165, 1.54) is 18.3 Å². The Morgan fingerprint density at radius 1 is 1.25 bits per heavy atom. The van der Waals surface area contributed by atoms with Crippen LogP contribution in [0.15, 0.2) is 47.6 Å². The van der Waals surface area contributed by atoms with Gasteiger partial charge in [-0.3, -0.25) is 9.71 Å². The third kappa shape index (κ3) is 3.12. The molecule has 3 N–H and O–H groups in total. The predicted molar refractivity (Wildman–Crippen MR) is 82.1 cm³/mol. The molecule has 0 saturated heterocycles.